The SMILES string of the molecule is Cc1cccc(CC(=O)Nc2c3c(nn2C(C)(C)C)C[S@](=O)C3)c1. The Morgan fingerprint density at radius 2 is 2.08 bits per heavy atom. The highest BCUT2D eigenvalue weighted by molar-refractivity contribution is 7.83. The smallest absolute Gasteiger partial charge is 0.229 e. The van der Waals surface area contributed by atoms with E-state index in [1.807, 2.05) is 56.6 Å². The molecule has 3 rings (SSSR count). The summed E-state index contributed by atoms with van der Waals surface area (Å²) in [5, 5.41) is 7.61. The molecule has 1 N–H and O–H groups in total. The van der Waals surface area contributed by atoms with Crippen molar-refractivity contribution in [2.75, 3.05) is 5.32 Å². The Bertz CT molecular complexity index is 818. The number of benzene rings is 1. The number of anilines is 1. The van der Waals surface area contributed by atoms with E-state index in [0.29, 0.717) is 23.7 Å². The van der Waals surface area contributed by atoms with E-state index in [9.17, 15) is 9.00 Å². The molecule has 6 heteroatoms. The van der Waals surface area contributed by atoms with E-state index >= 15 is 0 Å². The molecular formula is C18H23N3O2S. The van der Waals surface area contributed by atoms with Crippen molar-refractivity contribution >= 4 is 22.5 Å². The first-order valence-electron chi connectivity index (χ1n) is 8.05. The Hall–Kier alpha value is -1.95. The average molecular weight is 345 g/mol. The number of nitrogens with one attached hydrogen (secondary N) is 1. The normalized spacial score (nSPS) is 16.9. The lowest BCUT2D eigenvalue weighted by atomic mass is 10.1. The third-order valence-electron chi connectivity index (χ3n) is 4.01. The Labute approximate surface area is 144 Å². The quantitative estimate of drug-likeness (QED) is 0.930. The van der Waals surface area contributed by atoms with Gasteiger partial charge in [0.25, 0.3) is 0 Å². The Balaban J connectivity index is 1.86. The number of carbonyl (C=O) groups is 1. The first kappa shape index (κ1) is 16.9. The number of nitrogens with zero attached hydrogens (tertiary/aromatic N) is 2. The van der Waals surface area contributed by atoms with Gasteiger partial charge in [0, 0.05) is 16.4 Å². The second kappa shape index (κ2) is 6.16. The van der Waals surface area contributed by atoms with Gasteiger partial charge < -0.3 is 5.32 Å². The van der Waals surface area contributed by atoms with Gasteiger partial charge in [-0.15, -0.1) is 0 Å². The summed E-state index contributed by atoms with van der Waals surface area (Å²) in [6.07, 6.45) is 0.314. The van der Waals surface area contributed by atoms with Gasteiger partial charge in [0.05, 0.1) is 29.2 Å². The molecule has 1 atom stereocenters. The predicted octanol–water partition coefficient (Wildman–Crippen LogP) is 2.89. The maximum absolute atomic E-state index is 12.5. The van der Waals surface area contributed by atoms with Gasteiger partial charge in [0.1, 0.15) is 5.82 Å². The van der Waals surface area contributed by atoms with E-state index < -0.39 is 10.8 Å². The maximum atomic E-state index is 12.5. The van der Waals surface area contributed by atoms with Crippen LogP contribution in [0.3, 0.4) is 0 Å². The van der Waals surface area contributed by atoms with Crippen molar-refractivity contribution in [1.29, 1.82) is 0 Å². The van der Waals surface area contributed by atoms with Crippen molar-refractivity contribution in [2.24, 2.45) is 0 Å². The summed E-state index contributed by atoms with van der Waals surface area (Å²) in [5.41, 5.74) is 3.62. The molecule has 1 aromatic carbocycles. The molecule has 1 aliphatic rings. The summed E-state index contributed by atoms with van der Waals surface area (Å²) in [6, 6.07) is 7.93. The van der Waals surface area contributed by atoms with Gasteiger partial charge in [-0.25, -0.2) is 4.68 Å². The zero-order valence-corrected chi connectivity index (χ0v) is 15.4. The highest BCUT2D eigenvalue weighted by Crippen LogP contribution is 2.32. The van der Waals surface area contributed by atoms with E-state index in [-0.39, 0.29) is 11.4 Å². The second-order valence-electron chi connectivity index (χ2n) is 7.30. The fourth-order valence-corrected chi connectivity index (χ4v) is 4.19. The average Bonchev–Trinajstić information content (AvgIpc) is 2.96. The Morgan fingerprint density at radius 3 is 2.75 bits per heavy atom. The van der Waals surface area contributed by atoms with Crippen LogP contribution in [-0.2, 0) is 39.1 Å². The molecular weight excluding hydrogens is 322 g/mol. The molecule has 1 aromatic heterocycles. The first-order valence-corrected chi connectivity index (χ1v) is 9.54. The van der Waals surface area contributed by atoms with Crippen LogP contribution >= 0.6 is 0 Å². The minimum atomic E-state index is -0.917. The van der Waals surface area contributed by atoms with Crippen LogP contribution in [0.15, 0.2) is 24.3 Å². The van der Waals surface area contributed by atoms with Crippen LogP contribution in [0.25, 0.3) is 0 Å². The lowest BCUT2D eigenvalue weighted by Crippen LogP contribution is -2.28. The largest absolute Gasteiger partial charge is 0.310 e. The number of hydrogen-bond acceptors (Lipinski definition) is 3. The number of hydrogen-bond donors (Lipinski definition) is 1. The number of amides is 1. The molecule has 0 spiro atoms. The zero-order valence-electron chi connectivity index (χ0n) is 14.5. The topological polar surface area (TPSA) is 64.0 Å². The summed E-state index contributed by atoms with van der Waals surface area (Å²) in [6.45, 7) is 8.14. The Kier molecular flexibility index (Phi) is 4.34. The summed E-state index contributed by atoms with van der Waals surface area (Å²) >= 11 is 0. The van der Waals surface area contributed by atoms with Gasteiger partial charge in [0.2, 0.25) is 5.91 Å². The summed E-state index contributed by atoms with van der Waals surface area (Å²) < 4.78 is 13.7. The number of aromatic nitrogens is 2. The van der Waals surface area contributed by atoms with Crippen molar-refractivity contribution in [3.63, 3.8) is 0 Å². The van der Waals surface area contributed by atoms with Gasteiger partial charge in [0.15, 0.2) is 0 Å². The monoisotopic (exact) mass is 345 g/mol. The van der Waals surface area contributed by atoms with Gasteiger partial charge in [-0.05, 0) is 33.3 Å². The highest BCUT2D eigenvalue weighted by atomic mass is 32.2. The van der Waals surface area contributed by atoms with E-state index in [4.69, 9.17) is 0 Å². The van der Waals surface area contributed by atoms with E-state index in [0.717, 1.165) is 22.4 Å². The van der Waals surface area contributed by atoms with Crippen LogP contribution in [0.2, 0.25) is 0 Å². The van der Waals surface area contributed by atoms with Crippen molar-refractivity contribution < 1.29 is 9.00 Å². The fourth-order valence-electron chi connectivity index (χ4n) is 2.93. The number of carbonyl (C=O) groups excluding carboxylic acids is 1. The highest BCUT2D eigenvalue weighted by Gasteiger charge is 2.31. The van der Waals surface area contributed by atoms with Crippen LogP contribution in [-0.4, -0.2) is 19.9 Å². The maximum Gasteiger partial charge on any atom is 0.229 e. The van der Waals surface area contributed by atoms with Gasteiger partial charge >= 0.3 is 0 Å². The molecule has 0 aliphatic carbocycles. The van der Waals surface area contributed by atoms with Crippen LogP contribution in [0.4, 0.5) is 5.82 Å². The number of rotatable bonds is 3. The van der Waals surface area contributed by atoms with Crippen molar-refractivity contribution in [3.8, 4) is 0 Å². The van der Waals surface area contributed by atoms with Crippen molar-refractivity contribution in [2.45, 2.75) is 51.2 Å². The van der Waals surface area contributed by atoms with E-state index in [2.05, 4.69) is 10.4 Å². The molecule has 0 saturated carbocycles. The molecule has 0 bridgehead atoms. The minimum Gasteiger partial charge on any atom is -0.310 e. The van der Waals surface area contributed by atoms with Crippen LogP contribution < -0.4 is 5.32 Å². The lowest BCUT2D eigenvalue weighted by molar-refractivity contribution is -0.115. The van der Waals surface area contributed by atoms with Crippen molar-refractivity contribution in [3.05, 3.63) is 46.6 Å². The van der Waals surface area contributed by atoms with Crippen molar-refractivity contribution in [1.82, 2.24) is 9.78 Å². The molecule has 128 valence electrons. The first-order chi connectivity index (χ1) is 11.2. The van der Waals surface area contributed by atoms with E-state index in [1.54, 1.807) is 0 Å². The van der Waals surface area contributed by atoms with Crippen LogP contribution in [0.5, 0.6) is 0 Å². The molecule has 0 fully saturated rings. The standard InChI is InChI=1S/C18H23N3O2S/c1-12-6-5-7-13(8-12)9-16(22)19-17-14-10-24(23)11-15(14)20-21(17)18(2,3)4/h5-8H,9-11H2,1-4H3,(H,19,22)/t24-/m1/s1. The molecule has 2 aromatic rings. The fraction of sp³-hybridized carbons (Fsp3) is 0.444. The molecule has 1 amide bonds. The van der Waals surface area contributed by atoms with Gasteiger partial charge in [-0.3, -0.25) is 9.00 Å². The summed E-state index contributed by atoms with van der Waals surface area (Å²) in [4.78, 5) is 12.5. The third-order valence-corrected chi connectivity index (χ3v) is 5.22. The lowest BCUT2D eigenvalue weighted by Gasteiger charge is -2.23. The van der Waals surface area contributed by atoms with Crippen LogP contribution in [0, 0.1) is 6.92 Å². The van der Waals surface area contributed by atoms with E-state index in [1.165, 1.54) is 0 Å². The van der Waals surface area contributed by atoms with Crippen LogP contribution in [0.1, 0.15) is 43.2 Å². The molecule has 1 aliphatic heterocycles. The second-order valence-corrected chi connectivity index (χ2v) is 8.76. The summed E-state index contributed by atoms with van der Waals surface area (Å²) in [7, 11) is -0.917. The summed E-state index contributed by atoms with van der Waals surface area (Å²) in [5.74, 6) is 1.55. The molecule has 0 saturated heterocycles. The molecule has 5 nitrogen and oxygen atoms in total. The number of fused-ring (bicyclic) bond motifs is 1. The zero-order chi connectivity index (χ0) is 17.5. The van der Waals surface area contributed by atoms with Gasteiger partial charge in [-0.1, -0.05) is 29.8 Å². The predicted molar refractivity (Wildman–Crippen MR) is 96.3 cm³/mol. The Morgan fingerprint density at radius 1 is 1.33 bits per heavy atom. The molecule has 0 unspecified atom stereocenters. The third kappa shape index (κ3) is 3.43. The minimum absolute atomic E-state index is 0.0773. The molecule has 0 radical (unpaired) electrons. The molecule has 24 heavy (non-hydrogen) atoms. The molecule has 2 heterocycles. The number of aryl methyl sites for hydroxylation is 1. The van der Waals surface area contributed by atoms with Gasteiger partial charge in [-0.2, -0.15) is 5.10 Å².